The van der Waals surface area contributed by atoms with Crippen LogP contribution in [0.5, 0.6) is 0 Å². The molecule has 0 saturated carbocycles. The van der Waals surface area contributed by atoms with Gasteiger partial charge in [0.25, 0.3) is 0 Å². The molecular formula is C15H22ClF3N2O2. The van der Waals surface area contributed by atoms with Gasteiger partial charge in [0.15, 0.2) is 0 Å². The van der Waals surface area contributed by atoms with Gasteiger partial charge in [-0.3, -0.25) is 4.79 Å². The fraction of sp³-hybridized carbons (Fsp3) is 0.533. The molecule has 0 saturated heterocycles. The van der Waals surface area contributed by atoms with Gasteiger partial charge in [-0.1, -0.05) is 50.6 Å². The van der Waals surface area contributed by atoms with Gasteiger partial charge in [-0.25, -0.2) is 0 Å². The number of carbonyl (C=O) groups excluding carboxylic acids is 1. The summed E-state index contributed by atoms with van der Waals surface area (Å²) in [6.07, 6.45) is -4.31. The monoisotopic (exact) mass is 354 g/mol. The highest BCUT2D eigenvalue weighted by Crippen LogP contribution is 2.38. The van der Waals surface area contributed by atoms with Crippen LogP contribution in [0.1, 0.15) is 25.8 Å². The third kappa shape index (κ3) is 5.09. The van der Waals surface area contributed by atoms with Gasteiger partial charge < -0.3 is 16.2 Å². The smallest absolute Gasteiger partial charge is 0.375 e. The molecule has 1 amide bonds. The van der Waals surface area contributed by atoms with Gasteiger partial charge in [0.2, 0.25) is 11.5 Å². The normalized spacial score (nSPS) is 16.7. The summed E-state index contributed by atoms with van der Waals surface area (Å²) in [6, 6.07) is 5.72. The molecule has 0 radical (unpaired) electrons. The Hall–Kier alpha value is -1.31. The van der Waals surface area contributed by atoms with E-state index < -0.39 is 30.3 Å². The molecule has 3 unspecified atom stereocenters. The number of alkyl halides is 3. The van der Waals surface area contributed by atoms with Crippen molar-refractivity contribution in [2.24, 2.45) is 11.7 Å². The largest absolute Gasteiger partial charge is 0.423 e. The van der Waals surface area contributed by atoms with Crippen molar-refractivity contribution in [1.82, 2.24) is 5.32 Å². The average Bonchev–Trinajstić information content (AvgIpc) is 2.50. The van der Waals surface area contributed by atoms with E-state index >= 15 is 0 Å². The van der Waals surface area contributed by atoms with Crippen LogP contribution in [0.3, 0.4) is 0 Å². The Morgan fingerprint density at radius 2 is 1.83 bits per heavy atom. The van der Waals surface area contributed by atoms with Crippen LogP contribution in [0.15, 0.2) is 30.3 Å². The highest BCUT2D eigenvalue weighted by atomic mass is 35.5. The lowest BCUT2D eigenvalue weighted by atomic mass is 9.92. The molecule has 8 heteroatoms. The summed E-state index contributed by atoms with van der Waals surface area (Å²) in [5, 5.41) is 12.2. The number of carbonyl (C=O) groups is 1. The maximum absolute atomic E-state index is 13.2. The summed E-state index contributed by atoms with van der Waals surface area (Å²) in [5.74, 6) is -0.885. The van der Waals surface area contributed by atoms with E-state index in [1.54, 1.807) is 6.92 Å². The summed E-state index contributed by atoms with van der Waals surface area (Å²) in [6.45, 7) is 2.58. The van der Waals surface area contributed by atoms with Crippen molar-refractivity contribution < 1.29 is 23.1 Å². The maximum atomic E-state index is 13.2. The van der Waals surface area contributed by atoms with E-state index in [9.17, 15) is 23.1 Å². The number of amides is 1. The number of nitrogens with two attached hydrogens (primary N) is 1. The number of benzene rings is 1. The van der Waals surface area contributed by atoms with Crippen molar-refractivity contribution in [2.45, 2.75) is 38.1 Å². The fourth-order valence-electron chi connectivity index (χ4n) is 1.93. The quantitative estimate of drug-likeness (QED) is 0.734. The Bertz CT molecular complexity index is 499. The number of halogens is 4. The number of hydrogen-bond acceptors (Lipinski definition) is 3. The SMILES string of the molecule is CCC(C)C(N)C(=O)NCC(O)(c1ccccc1)C(F)(F)F.Cl. The zero-order valence-corrected chi connectivity index (χ0v) is 13.7. The zero-order chi connectivity index (χ0) is 17.0. The lowest BCUT2D eigenvalue weighted by Crippen LogP contribution is -2.54. The van der Waals surface area contributed by atoms with Crippen molar-refractivity contribution in [3.05, 3.63) is 35.9 Å². The van der Waals surface area contributed by atoms with Crippen LogP contribution in [0, 0.1) is 5.92 Å². The Morgan fingerprint density at radius 3 is 2.26 bits per heavy atom. The first-order valence-electron chi connectivity index (χ1n) is 7.01. The highest BCUT2D eigenvalue weighted by molar-refractivity contribution is 5.85. The molecule has 0 aliphatic rings. The molecular weight excluding hydrogens is 333 g/mol. The number of hydrogen-bond donors (Lipinski definition) is 3. The molecule has 0 aromatic heterocycles. The minimum Gasteiger partial charge on any atom is -0.375 e. The fourth-order valence-corrected chi connectivity index (χ4v) is 1.93. The van der Waals surface area contributed by atoms with Gasteiger partial charge in [0.1, 0.15) is 0 Å². The molecule has 3 atom stereocenters. The molecule has 1 rings (SSSR count). The van der Waals surface area contributed by atoms with Crippen LogP contribution >= 0.6 is 12.4 Å². The summed E-state index contributed by atoms with van der Waals surface area (Å²) in [5.41, 5.74) is 2.19. The molecule has 0 aliphatic heterocycles. The number of nitrogens with one attached hydrogen (secondary N) is 1. The lowest BCUT2D eigenvalue weighted by molar-refractivity contribution is -0.264. The van der Waals surface area contributed by atoms with Gasteiger partial charge in [-0.2, -0.15) is 13.2 Å². The van der Waals surface area contributed by atoms with Crippen LogP contribution in [0.4, 0.5) is 13.2 Å². The molecule has 0 aliphatic carbocycles. The molecule has 1 aromatic rings. The molecule has 0 spiro atoms. The van der Waals surface area contributed by atoms with Crippen molar-refractivity contribution >= 4 is 18.3 Å². The second kappa shape index (κ2) is 8.52. The lowest BCUT2D eigenvalue weighted by Gasteiger charge is -2.31. The van der Waals surface area contributed by atoms with Crippen molar-refractivity contribution in [1.29, 1.82) is 0 Å². The summed E-state index contributed by atoms with van der Waals surface area (Å²) in [4.78, 5) is 11.8. The van der Waals surface area contributed by atoms with Gasteiger partial charge in [-0.15, -0.1) is 12.4 Å². The average molecular weight is 355 g/mol. The Kier molecular flexibility index (Phi) is 8.03. The van der Waals surface area contributed by atoms with Gasteiger partial charge in [0.05, 0.1) is 12.6 Å². The van der Waals surface area contributed by atoms with Gasteiger partial charge >= 0.3 is 6.18 Å². The maximum Gasteiger partial charge on any atom is 0.423 e. The standard InChI is InChI=1S/C15H21F3N2O2.ClH/c1-3-10(2)12(19)13(21)20-9-14(22,15(16,17)18)11-7-5-4-6-8-11;/h4-8,10,12,22H,3,9,19H2,1-2H3,(H,20,21);1H. The van der Waals surface area contributed by atoms with Crippen LogP contribution in [0.2, 0.25) is 0 Å². The number of aliphatic hydroxyl groups is 1. The van der Waals surface area contributed by atoms with Crippen LogP contribution in [-0.4, -0.2) is 29.8 Å². The van der Waals surface area contributed by atoms with E-state index in [1.807, 2.05) is 6.92 Å². The molecule has 4 N–H and O–H groups in total. The van der Waals surface area contributed by atoms with Crippen molar-refractivity contribution in [2.75, 3.05) is 6.54 Å². The van der Waals surface area contributed by atoms with E-state index in [-0.39, 0.29) is 23.9 Å². The zero-order valence-electron chi connectivity index (χ0n) is 12.9. The topological polar surface area (TPSA) is 75.4 Å². The Morgan fingerprint density at radius 1 is 1.30 bits per heavy atom. The summed E-state index contributed by atoms with van der Waals surface area (Å²) in [7, 11) is 0. The Balaban J connectivity index is 0.00000484. The molecule has 132 valence electrons. The Labute approximate surface area is 139 Å². The first-order valence-corrected chi connectivity index (χ1v) is 7.01. The van der Waals surface area contributed by atoms with E-state index in [2.05, 4.69) is 5.32 Å². The van der Waals surface area contributed by atoms with Crippen molar-refractivity contribution in [3.63, 3.8) is 0 Å². The summed E-state index contributed by atoms with van der Waals surface area (Å²) < 4.78 is 39.7. The minimum absolute atomic E-state index is 0. The second-order valence-electron chi connectivity index (χ2n) is 5.35. The third-order valence-corrected chi connectivity index (χ3v) is 3.80. The van der Waals surface area contributed by atoms with E-state index in [4.69, 9.17) is 5.73 Å². The second-order valence-corrected chi connectivity index (χ2v) is 5.35. The van der Waals surface area contributed by atoms with Crippen LogP contribution in [0.25, 0.3) is 0 Å². The predicted octanol–water partition coefficient (Wildman–Crippen LogP) is 2.35. The first kappa shape index (κ1) is 21.7. The molecule has 1 aromatic carbocycles. The highest BCUT2D eigenvalue weighted by Gasteiger charge is 2.55. The van der Waals surface area contributed by atoms with E-state index in [0.29, 0.717) is 6.42 Å². The van der Waals surface area contributed by atoms with E-state index in [0.717, 1.165) is 12.1 Å². The molecule has 0 heterocycles. The predicted molar refractivity (Wildman–Crippen MR) is 84.1 cm³/mol. The van der Waals surface area contributed by atoms with Gasteiger partial charge in [-0.05, 0) is 11.5 Å². The number of rotatable bonds is 6. The van der Waals surface area contributed by atoms with Crippen LogP contribution < -0.4 is 11.1 Å². The van der Waals surface area contributed by atoms with Crippen molar-refractivity contribution in [3.8, 4) is 0 Å². The molecule has 0 fully saturated rings. The molecule has 0 bridgehead atoms. The molecule has 23 heavy (non-hydrogen) atoms. The van der Waals surface area contributed by atoms with E-state index in [1.165, 1.54) is 18.2 Å². The molecule has 4 nitrogen and oxygen atoms in total. The van der Waals surface area contributed by atoms with Gasteiger partial charge in [0, 0.05) is 0 Å². The first-order chi connectivity index (χ1) is 10.1. The summed E-state index contributed by atoms with van der Waals surface area (Å²) >= 11 is 0. The minimum atomic E-state index is -4.93. The third-order valence-electron chi connectivity index (χ3n) is 3.80. The van der Waals surface area contributed by atoms with Crippen LogP contribution in [-0.2, 0) is 10.4 Å².